The smallest absolute Gasteiger partial charge is 0.242 e. The second-order valence-corrected chi connectivity index (χ2v) is 6.64. The molecule has 0 bridgehead atoms. The van der Waals surface area contributed by atoms with Gasteiger partial charge in [0.25, 0.3) is 0 Å². The van der Waals surface area contributed by atoms with Gasteiger partial charge in [-0.15, -0.1) is 0 Å². The molecule has 6 heteroatoms. The van der Waals surface area contributed by atoms with Gasteiger partial charge in [0.15, 0.2) is 0 Å². The number of nitrogens with zero attached hydrogens (tertiary/aromatic N) is 1. The van der Waals surface area contributed by atoms with Crippen molar-refractivity contribution in [3.63, 3.8) is 0 Å². The van der Waals surface area contributed by atoms with E-state index in [1.54, 1.807) is 11.0 Å². The van der Waals surface area contributed by atoms with E-state index in [2.05, 4.69) is 5.32 Å². The molecule has 1 aromatic carbocycles. The van der Waals surface area contributed by atoms with Crippen LogP contribution in [0.5, 0.6) is 0 Å². The van der Waals surface area contributed by atoms with Gasteiger partial charge in [0.1, 0.15) is 6.04 Å². The Morgan fingerprint density at radius 1 is 1.42 bits per heavy atom. The van der Waals surface area contributed by atoms with Crippen LogP contribution in [-0.4, -0.2) is 42.0 Å². The molecule has 1 aliphatic heterocycles. The normalized spacial score (nSPS) is 17.6. The number of carbonyl (C=O) groups is 2. The van der Waals surface area contributed by atoms with E-state index in [0.29, 0.717) is 37.6 Å². The summed E-state index contributed by atoms with van der Waals surface area (Å²) in [6, 6.07) is 6.99. The lowest BCUT2D eigenvalue weighted by molar-refractivity contribution is -0.135. The topological polar surface area (TPSA) is 58.6 Å². The Balaban J connectivity index is 1.87. The standard InChI is InChI=1S/C18H25ClN2O3/c1-13(2)24-11-5-10-20-18(23)16-8-9-17(22)21(16)12-14-6-3-4-7-15(14)19/h3-4,6-7,13,16H,5,8-12H2,1-2H3,(H,20,23)/t16-/m1/s1. The zero-order valence-corrected chi connectivity index (χ0v) is 15.0. The quantitative estimate of drug-likeness (QED) is 0.732. The second kappa shape index (κ2) is 9.04. The number of nitrogens with one attached hydrogen (secondary N) is 1. The average Bonchev–Trinajstić information content (AvgIpc) is 2.90. The van der Waals surface area contributed by atoms with E-state index in [1.165, 1.54) is 0 Å². The highest BCUT2D eigenvalue weighted by Gasteiger charge is 2.35. The third kappa shape index (κ3) is 5.21. The molecule has 2 amide bonds. The Kier molecular flexibility index (Phi) is 7.06. The predicted octanol–water partition coefficient (Wildman–Crippen LogP) is 2.76. The summed E-state index contributed by atoms with van der Waals surface area (Å²) < 4.78 is 5.45. The van der Waals surface area contributed by atoms with Gasteiger partial charge in [0.05, 0.1) is 6.10 Å². The maximum absolute atomic E-state index is 12.4. The molecule has 0 saturated carbocycles. The summed E-state index contributed by atoms with van der Waals surface area (Å²) in [6.07, 6.45) is 1.91. The number of rotatable bonds is 8. The van der Waals surface area contributed by atoms with Crippen molar-refractivity contribution in [2.24, 2.45) is 0 Å². The largest absolute Gasteiger partial charge is 0.379 e. The first-order valence-electron chi connectivity index (χ1n) is 8.41. The van der Waals surface area contributed by atoms with E-state index in [0.717, 1.165) is 12.0 Å². The van der Waals surface area contributed by atoms with Gasteiger partial charge in [-0.25, -0.2) is 0 Å². The zero-order valence-electron chi connectivity index (χ0n) is 14.3. The Morgan fingerprint density at radius 3 is 2.88 bits per heavy atom. The summed E-state index contributed by atoms with van der Waals surface area (Å²) in [6.45, 7) is 5.50. The van der Waals surface area contributed by atoms with Gasteiger partial charge in [-0.05, 0) is 38.3 Å². The molecular formula is C18H25ClN2O3. The molecule has 0 spiro atoms. The van der Waals surface area contributed by atoms with E-state index in [-0.39, 0.29) is 17.9 Å². The van der Waals surface area contributed by atoms with Gasteiger partial charge in [-0.1, -0.05) is 29.8 Å². The Morgan fingerprint density at radius 2 is 2.17 bits per heavy atom. The Hall–Kier alpha value is -1.59. The van der Waals surface area contributed by atoms with Crippen LogP contribution in [0.15, 0.2) is 24.3 Å². The van der Waals surface area contributed by atoms with Crippen LogP contribution in [0.4, 0.5) is 0 Å². The van der Waals surface area contributed by atoms with Crippen LogP contribution < -0.4 is 5.32 Å². The van der Waals surface area contributed by atoms with Crippen LogP contribution in [0.1, 0.15) is 38.7 Å². The highest BCUT2D eigenvalue weighted by Crippen LogP contribution is 2.24. The molecule has 0 aromatic heterocycles. The summed E-state index contributed by atoms with van der Waals surface area (Å²) in [5.41, 5.74) is 0.859. The minimum absolute atomic E-state index is 0.00166. The number of hydrogen-bond acceptors (Lipinski definition) is 3. The molecule has 1 heterocycles. The van der Waals surface area contributed by atoms with Crippen molar-refractivity contribution in [1.29, 1.82) is 0 Å². The van der Waals surface area contributed by atoms with Gasteiger partial charge in [-0.3, -0.25) is 9.59 Å². The van der Waals surface area contributed by atoms with Crippen molar-refractivity contribution in [3.8, 4) is 0 Å². The van der Waals surface area contributed by atoms with Crippen molar-refractivity contribution in [2.45, 2.75) is 51.8 Å². The molecule has 1 atom stereocenters. The van der Waals surface area contributed by atoms with Crippen molar-refractivity contribution in [1.82, 2.24) is 10.2 Å². The van der Waals surface area contributed by atoms with Gasteiger partial charge in [-0.2, -0.15) is 0 Å². The van der Waals surface area contributed by atoms with Crippen LogP contribution in [0.3, 0.4) is 0 Å². The van der Waals surface area contributed by atoms with Crippen molar-refractivity contribution >= 4 is 23.4 Å². The minimum Gasteiger partial charge on any atom is -0.379 e. The van der Waals surface area contributed by atoms with Gasteiger partial charge in [0, 0.05) is 31.1 Å². The third-order valence-electron chi connectivity index (χ3n) is 4.00. The number of likely N-dealkylation sites (tertiary alicyclic amines) is 1. The molecule has 0 aliphatic carbocycles. The van der Waals surface area contributed by atoms with Gasteiger partial charge >= 0.3 is 0 Å². The molecule has 1 N–H and O–H groups in total. The summed E-state index contributed by atoms with van der Waals surface area (Å²) in [5, 5.41) is 3.52. The predicted molar refractivity (Wildman–Crippen MR) is 93.7 cm³/mol. The molecule has 0 radical (unpaired) electrons. The average molecular weight is 353 g/mol. The zero-order chi connectivity index (χ0) is 17.5. The fourth-order valence-electron chi connectivity index (χ4n) is 2.74. The molecule has 1 fully saturated rings. The van der Waals surface area contributed by atoms with E-state index in [9.17, 15) is 9.59 Å². The molecule has 2 rings (SSSR count). The fraction of sp³-hybridized carbons (Fsp3) is 0.556. The van der Waals surface area contributed by atoms with Crippen LogP contribution in [-0.2, 0) is 20.9 Å². The second-order valence-electron chi connectivity index (χ2n) is 6.23. The molecule has 1 aliphatic rings. The van der Waals surface area contributed by atoms with E-state index < -0.39 is 6.04 Å². The summed E-state index contributed by atoms with van der Waals surface area (Å²) in [5.74, 6) is -0.101. The van der Waals surface area contributed by atoms with E-state index in [4.69, 9.17) is 16.3 Å². The summed E-state index contributed by atoms with van der Waals surface area (Å²) >= 11 is 6.17. The lowest BCUT2D eigenvalue weighted by atomic mass is 10.1. The van der Waals surface area contributed by atoms with Crippen LogP contribution in [0, 0.1) is 0 Å². The van der Waals surface area contributed by atoms with Crippen LogP contribution in [0.2, 0.25) is 5.02 Å². The van der Waals surface area contributed by atoms with Gasteiger partial charge < -0.3 is 15.0 Å². The third-order valence-corrected chi connectivity index (χ3v) is 4.37. The number of carbonyl (C=O) groups excluding carboxylic acids is 2. The molecule has 24 heavy (non-hydrogen) atoms. The van der Waals surface area contributed by atoms with Crippen molar-refractivity contribution < 1.29 is 14.3 Å². The SMILES string of the molecule is CC(C)OCCCNC(=O)[C@H]1CCC(=O)N1Cc1ccccc1Cl. The highest BCUT2D eigenvalue weighted by molar-refractivity contribution is 6.31. The Bertz CT molecular complexity index is 577. The number of hydrogen-bond donors (Lipinski definition) is 1. The maximum atomic E-state index is 12.4. The van der Waals surface area contributed by atoms with Crippen LogP contribution in [0.25, 0.3) is 0 Å². The first kappa shape index (κ1) is 18.7. The first-order chi connectivity index (χ1) is 11.5. The lowest BCUT2D eigenvalue weighted by Gasteiger charge is -2.24. The summed E-state index contributed by atoms with van der Waals surface area (Å²) in [7, 11) is 0. The number of halogens is 1. The molecule has 0 unspecified atom stereocenters. The Labute approximate surface area is 148 Å². The molecule has 132 valence electrons. The van der Waals surface area contributed by atoms with Crippen molar-refractivity contribution in [3.05, 3.63) is 34.9 Å². The fourth-order valence-corrected chi connectivity index (χ4v) is 2.93. The van der Waals surface area contributed by atoms with Crippen LogP contribution >= 0.6 is 11.6 Å². The molecule has 5 nitrogen and oxygen atoms in total. The molecule has 1 saturated heterocycles. The van der Waals surface area contributed by atoms with E-state index in [1.807, 2.05) is 32.0 Å². The monoisotopic (exact) mass is 352 g/mol. The first-order valence-corrected chi connectivity index (χ1v) is 8.79. The number of benzene rings is 1. The number of amides is 2. The molecular weight excluding hydrogens is 328 g/mol. The highest BCUT2D eigenvalue weighted by atomic mass is 35.5. The lowest BCUT2D eigenvalue weighted by Crippen LogP contribution is -2.44. The van der Waals surface area contributed by atoms with Gasteiger partial charge in [0.2, 0.25) is 11.8 Å². The minimum atomic E-state index is -0.417. The van der Waals surface area contributed by atoms with Crippen molar-refractivity contribution in [2.75, 3.05) is 13.2 Å². The maximum Gasteiger partial charge on any atom is 0.242 e. The molecule has 1 aromatic rings. The number of ether oxygens (including phenoxy) is 1. The summed E-state index contributed by atoms with van der Waals surface area (Å²) in [4.78, 5) is 26.2. The van der Waals surface area contributed by atoms with E-state index >= 15 is 0 Å².